The van der Waals surface area contributed by atoms with Crippen LogP contribution in [0.5, 0.6) is 0 Å². The van der Waals surface area contributed by atoms with E-state index < -0.39 is 11.5 Å². The first-order valence-electron chi connectivity index (χ1n) is 6.21. The third-order valence-corrected chi connectivity index (χ3v) is 3.69. The molecule has 0 saturated heterocycles. The second-order valence-corrected chi connectivity index (χ2v) is 4.98. The lowest BCUT2D eigenvalue weighted by Crippen LogP contribution is -2.44. The van der Waals surface area contributed by atoms with Crippen molar-refractivity contribution in [2.75, 3.05) is 0 Å². The van der Waals surface area contributed by atoms with E-state index in [1.54, 1.807) is 0 Å². The molecule has 19 heavy (non-hydrogen) atoms. The lowest BCUT2D eigenvalue weighted by Gasteiger charge is -2.33. The smallest absolute Gasteiger partial charge is 0.227 e. The molecule has 3 rings (SSSR count). The molecule has 0 fully saturated rings. The third kappa shape index (κ3) is 1.76. The Kier molecular flexibility index (Phi) is 2.52. The lowest BCUT2D eigenvalue weighted by molar-refractivity contribution is -0.122. The Hall–Kier alpha value is -2.36. The topological polar surface area (TPSA) is 60.9 Å². The molecule has 1 amide bonds. The van der Waals surface area contributed by atoms with E-state index in [9.17, 15) is 4.79 Å². The van der Waals surface area contributed by atoms with Crippen molar-refractivity contribution in [2.45, 2.75) is 12.5 Å². The van der Waals surface area contributed by atoms with E-state index in [2.05, 4.69) is 5.10 Å². The van der Waals surface area contributed by atoms with Gasteiger partial charge in [0.1, 0.15) is 0 Å². The van der Waals surface area contributed by atoms with Crippen molar-refractivity contribution in [3.05, 3.63) is 54.8 Å². The zero-order chi connectivity index (χ0) is 13.5. The summed E-state index contributed by atoms with van der Waals surface area (Å²) in [6.07, 6.45) is 9.52. The molecule has 2 atom stereocenters. The van der Waals surface area contributed by atoms with Crippen LogP contribution < -0.4 is 5.73 Å². The van der Waals surface area contributed by atoms with E-state index in [-0.39, 0.29) is 5.91 Å². The maximum Gasteiger partial charge on any atom is 0.227 e. The molecule has 1 aliphatic carbocycles. The second-order valence-electron chi connectivity index (χ2n) is 4.98. The van der Waals surface area contributed by atoms with Crippen LogP contribution in [0.25, 0.3) is 10.9 Å². The molecule has 2 aromatic rings. The number of benzene rings is 1. The van der Waals surface area contributed by atoms with Gasteiger partial charge in [-0.25, -0.2) is 0 Å². The zero-order valence-electron chi connectivity index (χ0n) is 10.7. The number of rotatable bonds is 2. The fourth-order valence-corrected chi connectivity index (χ4v) is 2.54. The molecule has 1 heterocycles. The Labute approximate surface area is 111 Å². The van der Waals surface area contributed by atoms with Crippen LogP contribution in [0.4, 0.5) is 0 Å². The summed E-state index contributed by atoms with van der Waals surface area (Å²) < 4.78 is 1.83. The number of allylic oxidation sites excluding steroid dienone is 3. The van der Waals surface area contributed by atoms with Crippen LogP contribution >= 0.6 is 0 Å². The molecule has 0 aliphatic heterocycles. The predicted molar refractivity (Wildman–Crippen MR) is 74.3 cm³/mol. The standard InChI is InChI=1S/C15H15N3O/c1-15(9-5-4-7-12(15)14(16)19)18-10-11-6-2-3-8-13(11)17-18/h2-10,12H,1H3,(H2,16,19). The maximum absolute atomic E-state index is 11.7. The quantitative estimate of drug-likeness (QED) is 0.889. The van der Waals surface area contributed by atoms with Crippen molar-refractivity contribution in [1.82, 2.24) is 9.78 Å². The average Bonchev–Trinajstić information content (AvgIpc) is 2.83. The van der Waals surface area contributed by atoms with Crippen molar-refractivity contribution in [3.8, 4) is 0 Å². The molecule has 1 aromatic heterocycles. The van der Waals surface area contributed by atoms with Gasteiger partial charge in [-0.15, -0.1) is 0 Å². The highest BCUT2D eigenvalue weighted by Gasteiger charge is 2.38. The predicted octanol–water partition coefficient (Wildman–Crippen LogP) is 1.98. The van der Waals surface area contributed by atoms with Gasteiger partial charge < -0.3 is 5.73 Å². The lowest BCUT2D eigenvalue weighted by atomic mass is 9.82. The van der Waals surface area contributed by atoms with Gasteiger partial charge in [0, 0.05) is 11.6 Å². The van der Waals surface area contributed by atoms with Crippen molar-refractivity contribution in [1.29, 1.82) is 0 Å². The minimum Gasteiger partial charge on any atom is -0.369 e. The normalized spacial score (nSPS) is 25.8. The average molecular weight is 253 g/mol. The van der Waals surface area contributed by atoms with Crippen molar-refractivity contribution in [3.63, 3.8) is 0 Å². The highest BCUT2D eigenvalue weighted by atomic mass is 16.1. The Bertz CT molecular complexity index is 665. The van der Waals surface area contributed by atoms with E-state index in [0.29, 0.717) is 0 Å². The Morgan fingerprint density at radius 2 is 2.16 bits per heavy atom. The van der Waals surface area contributed by atoms with Gasteiger partial charge >= 0.3 is 0 Å². The van der Waals surface area contributed by atoms with Crippen LogP contribution in [0.2, 0.25) is 0 Å². The first-order valence-corrected chi connectivity index (χ1v) is 6.21. The highest BCUT2D eigenvalue weighted by Crippen LogP contribution is 2.32. The number of hydrogen-bond acceptors (Lipinski definition) is 2. The second kappa shape index (κ2) is 4.09. The first kappa shape index (κ1) is 11.7. The molecular formula is C15H15N3O. The van der Waals surface area contributed by atoms with Gasteiger partial charge in [-0.05, 0) is 13.0 Å². The Morgan fingerprint density at radius 1 is 1.37 bits per heavy atom. The van der Waals surface area contributed by atoms with Gasteiger partial charge in [0.15, 0.2) is 0 Å². The van der Waals surface area contributed by atoms with E-state index in [1.807, 2.05) is 66.4 Å². The Balaban J connectivity index is 2.15. The van der Waals surface area contributed by atoms with Gasteiger partial charge in [0.05, 0.1) is 17.0 Å². The minimum absolute atomic E-state index is 0.345. The fourth-order valence-electron chi connectivity index (χ4n) is 2.54. The number of aromatic nitrogens is 2. The van der Waals surface area contributed by atoms with Crippen LogP contribution in [0.1, 0.15) is 6.92 Å². The number of primary amides is 1. The summed E-state index contributed by atoms with van der Waals surface area (Å²) in [5.41, 5.74) is 5.87. The van der Waals surface area contributed by atoms with Crippen molar-refractivity contribution < 1.29 is 4.79 Å². The number of hydrogen-bond donors (Lipinski definition) is 1. The molecule has 1 aliphatic rings. The van der Waals surface area contributed by atoms with Gasteiger partial charge in [-0.1, -0.05) is 42.5 Å². The highest BCUT2D eigenvalue weighted by molar-refractivity contribution is 5.81. The van der Waals surface area contributed by atoms with Crippen LogP contribution in [-0.2, 0) is 10.3 Å². The number of carbonyl (C=O) groups is 1. The summed E-state index contributed by atoms with van der Waals surface area (Å²) in [6.45, 7) is 1.97. The zero-order valence-corrected chi connectivity index (χ0v) is 10.7. The van der Waals surface area contributed by atoms with Crippen LogP contribution in [0.3, 0.4) is 0 Å². The summed E-state index contributed by atoms with van der Waals surface area (Å²) in [5.74, 6) is -0.741. The van der Waals surface area contributed by atoms with E-state index in [1.165, 1.54) is 0 Å². The monoisotopic (exact) mass is 253 g/mol. The molecule has 4 heteroatoms. The van der Waals surface area contributed by atoms with Crippen molar-refractivity contribution in [2.24, 2.45) is 11.7 Å². The van der Waals surface area contributed by atoms with E-state index in [0.717, 1.165) is 10.9 Å². The van der Waals surface area contributed by atoms with Crippen molar-refractivity contribution >= 4 is 16.8 Å². The van der Waals surface area contributed by atoms with Gasteiger partial charge in [-0.3, -0.25) is 9.48 Å². The number of nitrogens with two attached hydrogens (primary N) is 1. The largest absolute Gasteiger partial charge is 0.369 e. The number of carbonyl (C=O) groups excluding carboxylic acids is 1. The molecule has 0 bridgehead atoms. The number of amides is 1. The maximum atomic E-state index is 11.7. The molecule has 96 valence electrons. The molecule has 1 aromatic carbocycles. The molecule has 2 N–H and O–H groups in total. The molecule has 4 nitrogen and oxygen atoms in total. The molecule has 0 saturated carbocycles. The van der Waals surface area contributed by atoms with Crippen LogP contribution in [-0.4, -0.2) is 15.7 Å². The summed E-state index contributed by atoms with van der Waals surface area (Å²) in [6, 6.07) is 7.88. The summed E-state index contributed by atoms with van der Waals surface area (Å²) in [5, 5.41) is 5.62. The molecular weight excluding hydrogens is 238 g/mol. The SMILES string of the molecule is CC1(n2cc3ccccc3n2)C=CC=CC1C(N)=O. The summed E-state index contributed by atoms with van der Waals surface area (Å²) >= 11 is 0. The van der Waals surface area contributed by atoms with E-state index >= 15 is 0 Å². The van der Waals surface area contributed by atoms with Gasteiger partial charge in [0.2, 0.25) is 5.91 Å². The third-order valence-electron chi connectivity index (χ3n) is 3.69. The summed E-state index contributed by atoms with van der Waals surface area (Å²) in [7, 11) is 0. The molecule has 0 radical (unpaired) electrons. The van der Waals surface area contributed by atoms with Crippen LogP contribution in [0.15, 0.2) is 54.8 Å². The first-order chi connectivity index (χ1) is 9.11. The summed E-state index contributed by atoms with van der Waals surface area (Å²) in [4.78, 5) is 11.7. The van der Waals surface area contributed by atoms with Gasteiger partial charge in [0.25, 0.3) is 0 Å². The number of nitrogens with zero attached hydrogens (tertiary/aromatic N) is 2. The molecule has 2 unspecified atom stereocenters. The fraction of sp³-hybridized carbons (Fsp3) is 0.200. The van der Waals surface area contributed by atoms with Gasteiger partial charge in [-0.2, -0.15) is 5.10 Å². The van der Waals surface area contributed by atoms with E-state index in [4.69, 9.17) is 5.73 Å². The van der Waals surface area contributed by atoms with Crippen LogP contribution in [0, 0.1) is 5.92 Å². The number of fused-ring (bicyclic) bond motifs is 1. The minimum atomic E-state index is -0.556. The Morgan fingerprint density at radius 3 is 2.89 bits per heavy atom. The molecule has 0 spiro atoms.